The summed E-state index contributed by atoms with van der Waals surface area (Å²) in [5.74, 6) is -1.21. The van der Waals surface area contributed by atoms with Gasteiger partial charge in [-0.1, -0.05) is 18.2 Å². The Morgan fingerprint density at radius 3 is 2.42 bits per heavy atom. The third-order valence-electron chi connectivity index (χ3n) is 4.92. The molecular weight excluding hydrogens is 434 g/mol. The number of hydrogen-bond donors (Lipinski definition) is 0. The molecule has 160 valence electrons. The van der Waals surface area contributed by atoms with Crippen LogP contribution in [-0.2, 0) is 11.3 Å². The molecule has 10 heteroatoms. The Morgan fingerprint density at radius 1 is 1.06 bits per heavy atom. The van der Waals surface area contributed by atoms with E-state index in [-0.39, 0.29) is 28.9 Å². The number of pyridine rings is 1. The minimum Gasteiger partial charge on any atom is -0.308 e. The zero-order valence-electron chi connectivity index (χ0n) is 16.1. The van der Waals surface area contributed by atoms with Crippen LogP contribution in [0, 0.1) is 5.95 Å². The van der Waals surface area contributed by atoms with Crippen LogP contribution in [0.2, 0.25) is 0 Å². The zero-order valence-corrected chi connectivity index (χ0v) is 16.9. The van der Waals surface area contributed by atoms with E-state index >= 15 is 0 Å². The van der Waals surface area contributed by atoms with E-state index in [1.165, 1.54) is 35.2 Å². The van der Waals surface area contributed by atoms with Crippen molar-refractivity contribution < 1.29 is 27.2 Å². The zero-order chi connectivity index (χ0) is 22.3. The molecule has 0 N–H and O–H groups in total. The molecule has 1 aliphatic rings. The molecule has 2 aromatic carbocycles. The molecule has 0 aliphatic carbocycles. The molecule has 1 unspecified atom stereocenters. The Balaban J connectivity index is 1.61. The summed E-state index contributed by atoms with van der Waals surface area (Å²) in [6, 6.07) is 11.6. The Hall–Kier alpha value is -3.14. The molecule has 2 heterocycles. The van der Waals surface area contributed by atoms with Gasteiger partial charge in [-0.3, -0.25) is 4.79 Å². The highest BCUT2D eigenvalue weighted by atomic mass is 32.2. The van der Waals surface area contributed by atoms with E-state index in [2.05, 4.69) is 4.98 Å². The lowest BCUT2D eigenvalue weighted by Crippen LogP contribution is -2.33. The van der Waals surface area contributed by atoms with E-state index in [1.807, 2.05) is 0 Å². The summed E-state index contributed by atoms with van der Waals surface area (Å²) in [5.41, 5.74) is -3.34. The SMILES string of the molecule is CC1C(=O)N(c2ccc(SC(F)(F)F)cc2)C(=O)N1Cc1cc(F)nc2ccccc12. The molecule has 1 aromatic heterocycles. The number of hydrogen-bond acceptors (Lipinski definition) is 4. The lowest BCUT2D eigenvalue weighted by molar-refractivity contribution is -0.119. The van der Waals surface area contributed by atoms with Crippen LogP contribution in [0.5, 0.6) is 0 Å². The van der Waals surface area contributed by atoms with Gasteiger partial charge in [-0.05, 0) is 60.6 Å². The number of amides is 3. The summed E-state index contributed by atoms with van der Waals surface area (Å²) in [6.07, 6.45) is 0. The Morgan fingerprint density at radius 2 is 1.74 bits per heavy atom. The van der Waals surface area contributed by atoms with E-state index in [9.17, 15) is 27.2 Å². The standard InChI is InChI=1S/C21H15F4N3O2S/c1-12-19(29)28(14-6-8-15(9-7-14)31-21(23,24)25)20(30)27(12)11-13-10-18(22)26-17-5-3-2-4-16(13)17/h2-10,12H,11H2,1H3. The Kier molecular flexibility index (Phi) is 5.34. The van der Waals surface area contributed by atoms with Crippen LogP contribution in [0.25, 0.3) is 10.9 Å². The maximum absolute atomic E-state index is 14.0. The second-order valence-corrected chi connectivity index (χ2v) is 8.06. The number of carbonyl (C=O) groups excluding carboxylic acids is 2. The second kappa shape index (κ2) is 7.84. The fourth-order valence-corrected chi connectivity index (χ4v) is 4.01. The lowest BCUT2D eigenvalue weighted by Gasteiger charge is -2.20. The van der Waals surface area contributed by atoms with Gasteiger partial charge in [0.1, 0.15) is 6.04 Å². The van der Waals surface area contributed by atoms with Crippen molar-refractivity contribution in [3.63, 3.8) is 0 Å². The van der Waals surface area contributed by atoms with Crippen LogP contribution in [0.3, 0.4) is 0 Å². The van der Waals surface area contributed by atoms with Crippen molar-refractivity contribution in [2.75, 3.05) is 4.90 Å². The fraction of sp³-hybridized carbons (Fsp3) is 0.190. The van der Waals surface area contributed by atoms with E-state index < -0.39 is 29.4 Å². The lowest BCUT2D eigenvalue weighted by atomic mass is 10.1. The third kappa shape index (κ3) is 4.20. The molecule has 0 saturated carbocycles. The van der Waals surface area contributed by atoms with E-state index in [4.69, 9.17) is 0 Å². The molecule has 1 fully saturated rings. The first-order chi connectivity index (χ1) is 14.6. The number of fused-ring (bicyclic) bond motifs is 1. The fourth-order valence-electron chi connectivity index (χ4n) is 3.47. The predicted molar refractivity (Wildman–Crippen MR) is 108 cm³/mol. The largest absolute Gasteiger partial charge is 0.446 e. The van der Waals surface area contributed by atoms with E-state index in [0.717, 1.165) is 4.90 Å². The number of aromatic nitrogens is 1. The summed E-state index contributed by atoms with van der Waals surface area (Å²) in [7, 11) is 0. The van der Waals surface area contributed by atoms with Gasteiger partial charge in [-0.25, -0.2) is 14.7 Å². The van der Waals surface area contributed by atoms with Crippen molar-refractivity contribution in [2.24, 2.45) is 0 Å². The summed E-state index contributed by atoms with van der Waals surface area (Å²) >= 11 is -0.281. The first kappa shape index (κ1) is 21.1. The predicted octanol–water partition coefficient (Wildman–Crippen LogP) is 5.34. The number of urea groups is 1. The Bertz CT molecular complexity index is 1170. The van der Waals surface area contributed by atoms with Crippen molar-refractivity contribution >= 4 is 40.3 Å². The number of carbonyl (C=O) groups is 2. The number of benzene rings is 2. The summed E-state index contributed by atoms with van der Waals surface area (Å²) < 4.78 is 51.5. The summed E-state index contributed by atoms with van der Waals surface area (Å²) in [5, 5.41) is 0.656. The van der Waals surface area contributed by atoms with Crippen LogP contribution in [-0.4, -0.2) is 33.4 Å². The van der Waals surface area contributed by atoms with E-state index in [0.29, 0.717) is 16.5 Å². The maximum Gasteiger partial charge on any atom is 0.446 e. The van der Waals surface area contributed by atoms with Gasteiger partial charge in [0.15, 0.2) is 0 Å². The van der Waals surface area contributed by atoms with Gasteiger partial charge in [0, 0.05) is 16.8 Å². The number of imide groups is 1. The monoisotopic (exact) mass is 449 g/mol. The molecular formula is C21H15F4N3O2S. The summed E-state index contributed by atoms with van der Waals surface area (Å²) in [6.45, 7) is 1.53. The first-order valence-electron chi connectivity index (χ1n) is 9.18. The van der Waals surface area contributed by atoms with Crippen LogP contribution in [0.15, 0.2) is 59.5 Å². The highest BCUT2D eigenvalue weighted by Gasteiger charge is 2.43. The number of halogens is 4. The van der Waals surface area contributed by atoms with Crippen molar-refractivity contribution in [1.82, 2.24) is 9.88 Å². The highest BCUT2D eigenvalue weighted by molar-refractivity contribution is 8.00. The Labute approximate surface area is 178 Å². The number of thioether (sulfide) groups is 1. The van der Waals surface area contributed by atoms with Gasteiger partial charge in [0.25, 0.3) is 5.91 Å². The maximum atomic E-state index is 14.0. The molecule has 1 saturated heterocycles. The van der Waals surface area contributed by atoms with Gasteiger partial charge in [-0.2, -0.15) is 17.6 Å². The second-order valence-electron chi connectivity index (χ2n) is 6.92. The van der Waals surface area contributed by atoms with Crippen molar-refractivity contribution in [3.8, 4) is 0 Å². The van der Waals surface area contributed by atoms with Crippen molar-refractivity contribution in [3.05, 3.63) is 66.1 Å². The quantitative estimate of drug-likeness (QED) is 0.233. The molecule has 1 aliphatic heterocycles. The molecule has 1 atom stereocenters. The molecule has 3 amide bonds. The summed E-state index contributed by atoms with van der Waals surface area (Å²) in [4.78, 5) is 31.7. The van der Waals surface area contributed by atoms with Gasteiger partial charge >= 0.3 is 11.5 Å². The molecule has 0 bridgehead atoms. The minimum absolute atomic E-state index is 0.0236. The number of anilines is 1. The van der Waals surface area contributed by atoms with Crippen LogP contribution < -0.4 is 4.90 Å². The molecule has 4 rings (SSSR count). The number of alkyl halides is 3. The minimum atomic E-state index is -4.44. The average Bonchev–Trinajstić information content (AvgIpc) is 2.91. The molecule has 0 spiro atoms. The normalized spacial score (nSPS) is 17.1. The third-order valence-corrected chi connectivity index (χ3v) is 5.66. The smallest absolute Gasteiger partial charge is 0.308 e. The molecule has 0 radical (unpaired) electrons. The molecule has 3 aromatic rings. The molecule has 5 nitrogen and oxygen atoms in total. The van der Waals surface area contributed by atoms with Crippen LogP contribution in [0.4, 0.5) is 28.0 Å². The molecule has 31 heavy (non-hydrogen) atoms. The average molecular weight is 449 g/mol. The van der Waals surface area contributed by atoms with E-state index in [1.54, 1.807) is 31.2 Å². The van der Waals surface area contributed by atoms with Crippen LogP contribution >= 0.6 is 11.8 Å². The number of rotatable bonds is 4. The number of para-hydroxylation sites is 1. The van der Waals surface area contributed by atoms with Gasteiger partial charge in [-0.15, -0.1) is 0 Å². The van der Waals surface area contributed by atoms with Gasteiger partial charge < -0.3 is 4.90 Å². The van der Waals surface area contributed by atoms with Gasteiger partial charge in [0.2, 0.25) is 5.95 Å². The van der Waals surface area contributed by atoms with Crippen LogP contribution in [0.1, 0.15) is 12.5 Å². The van der Waals surface area contributed by atoms with Crippen molar-refractivity contribution in [1.29, 1.82) is 0 Å². The number of nitrogens with zero attached hydrogens (tertiary/aromatic N) is 3. The van der Waals surface area contributed by atoms with Gasteiger partial charge in [0.05, 0.1) is 11.2 Å². The first-order valence-corrected chi connectivity index (χ1v) is 10.0. The highest BCUT2D eigenvalue weighted by Crippen LogP contribution is 2.38. The van der Waals surface area contributed by atoms with Crippen molar-refractivity contribution in [2.45, 2.75) is 29.9 Å². The topological polar surface area (TPSA) is 53.5 Å².